The summed E-state index contributed by atoms with van der Waals surface area (Å²) in [6.45, 7) is 1.44. The van der Waals surface area contributed by atoms with Crippen molar-refractivity contribution in [3.8, 4) is 0 Å². The van der Waals surface area contributed by atoms with Crippen LogP contribution in [0.2, 0.25) is 0 Å². The van der Waals surface area contributed by atoms with E-state index in [9.17, 15) is 18.0 Å². The fraction of sp³-hybridized carbons (Fsp3) is 0.0345. The molecule has 0 aliphatic rings. The summed E-state index contributed by atoms with van der Waals surface area (Å²) in [5, 5.41) is 9.02. The molecule has 2 amide bonds. The minimum absolute atomic E-state index is 0.0819. The molecule has 0 saturated heterocycles. The van der Waals surface area contributed by atoms with Gasteiger partial charge in [0.05, 0.1) is 15.1 Å². The topological polar surface area (TPSA) is 130 Å². The molecule has 200 valence electrons. The lowest BCUT2D eigenvalue weighted by Gasteiger charge is -2.11. The molecule has 0 saturated carbocycles. The van der Waals surface area contributed by atoms with Crippen LogP contribution in [0.15, 0.2) is 112 Å². The summed E-state index contributed by atoms with van der Waals surface area (Å²) in [5.41, 5.74) is 2.87. The van der Waals surface area contributed by atoms with E-state index in [0.717, 1.165) is 4.70 Å². The van der Waals surface area contributed by atoms with E-state index < -0.39 is 10.0 Å². The number of carbonyl (C=O) groups is 2. The SMILES string of the molecule is CC(=O)Nc1ccc2nc(NC(=O)c3ccc(N/C(=N/S(=O)(=O)c4ccccc4)c4ccccc4)cc3)sc2c1. The number of rotatable bonds is 7. The third-order valence-corrected chi connectivity index (χ3v) is 7.86. The Bertz CT molecular complexity index is 1820. The second-order valence-electron chi connectivity index (χ2n) is 8.63. The summed E-state index contributed by atoms with van der Waals surface area (Å²) < 4.78 is 30.8. The van der Waals surface area contributed by atoms with E-state index in [4.69, 9.17) is 0 Å². The molecule has 0 spiro atoms. The maximum Gasteiger partial charge on any atom is 0.284 e. The first kappa shape index (κ1) is 26.7. The van der Waals surface area contributed by atoms with Gasteiger partial charge in [0.15, 0.2) is 11.0 Å². The monoisotopic (exact) mass is 569 g/mol. The first-order chi connectivity index (χ1) is 19.3. The van der Waals surface area contributed by atoms with Crippen molar-refractivity contribution in [3.05, 3.63) is 114 Å². The van der Waals surface area contributed by atoms with Crippen LogP contribution in [0, 0.1) is 0 Å². The Morgan fingerprint density at radius 3 is 2.08 bits per heavy atom. The highest BCUT2D eigenvalue weighted by Gasteiger charge is 2.16. The van der Waals surface area contributed by atoms with E-state index in [1.165, 1.54) is 30.4 Å². The lowest BCUT2D eigenvalue weighted by Crippen LogP contribution is -2.17. The van der Waals surface area contributed by atoms with Gasteiger partial charge in [-0.15, -0.1) is 4.40 Å². The van der Waals surface area contributed by atoms with Gasteiger partial charge in [0.1, 0.15) is 0 Å². The first-order valence-corrected chi connectivity index (χ1v) is 14.3. The minimum Gasteiger partial charge on any atom is -0.339 e. The molecule has 0 atom stereocenters. The predicted molar refractivity (Wildman–Crippen MR) is 159 cm³/mol. The van der Waals surface area contributed by atoms with Gasteiger partial charge < -0.3 is 10.6 Å². The maximum atomic E-state index is 12.9. The second-order valence-corrected chi connectivity index (χ2v) is 11.3. The summed E-state index contributed by atoms with van der Waals surface area (Å²) in [4.78, 5) is 28.7. The van der Waals surface area contributed by atoms with Crippen LogP contribution in [0.25, 0.3) is 10.2 Å². The molecule has 1 aromatic heterocycles. The van der Waals surface area contributed by atoms with Crippen LogP contribution in [0.1, 0.15) is 22.8 Å². The summed E-state index contributed by atoms with van der Waals surface area (Å²) in [6.07, 6.45) is 0. The largest absolute Gasteiger partial charge is 0.339 e. The number of nitrogens with one attached hydrogen (secondary N) is 3. The Balaban J connectivity index is 1.34. The van der Waals surface area contributed by atoms with Gasteiger partial charge in [-0.25, -0.2) is 4.98 Å². The molecule has 0 unspecified atom stereocenters. The Morgan fingerprint density at radius 1 is 0.750 bits per heavy atom. The fourth-order valence-corrected chi connectivity index (χ4v) is 5.68. The van der Waals surface area contributed by atoms with Crippen LogP contribution in [0.3, 0.4) is 0 Å². The van der Waals surface area contributed by atoms with Crippen molar-refractivity contribution >= 4 is 65.7 Å². The van der Waals surface area contributed by atoms with Crippen molar-refractivity contribution in [1.82, 2.24) is 4.98 Å². The highest BCUT2D eigenvalue weighted by Crippen LogP contribution is 2.29. The Kier molecular flexibility index (Phi) is 7.67. The summed E-state index contributed by atoms with van der Waals surface area (Å²) in [5.74, 6) is -0.374. The highest BCUT2D eigenvalue weighted by atomic mass is 32.2. The van der Waals surface area contributed by atoms with Gasteiger partial charge >= 0.3 is 0 Å². The minimum atomic E-state index is -3.97. The number of carbonyl (C=O) groups excluding carboxylic acids is 2. The van der Waals surface area contributed by atoms with Crippen LogP contribution in [0.4, 0.5) is 16.5 Å². The maximum absolute atomic E-state index is 12.9. The lowest BCUT2D eigenvalue weighted by atomic mass is 10.1. The third-order valence-electron chi connectivity index (χ3n) is 5.64. The summed E-state index contributed by atoms with van der Waals surface area (Å²) in [7, 11) is -3.97. The van der Waals surface area contributed by atoms with Crippen molar-refractivity contribution < 1.29 is 18.0 Å². The molecule has 9 nitrogen and oxygen atoms in total. The Labute approximate surface area is 234 Å². The van der Waals surface area contributed by atoms with E-state index in [1.807, 2.05) is 6.07 Å². The second kappa shape index (κ2) is 11.5. The molecule has 0 bridgehead atoms. The van der Waals surface area contributed by atoms with E-state index in [1.54, 1.807) is 84.9 Å². The van der Waals surface area contributed by atoms with Gasteiger partial charge in [-0.1, -0.05) is 59.9 Å². The van der Waals surface area contributed by atoms with E-state index >= 15 is 0 Å². The highest BCUT2D eigenvalue weighted by molar-refractivity contribution is 7.90. The van der Waals surface area contributed by atoms with Crippen LogP contribution >= 0.6 is 11.3 Å². The molecular formula is C29H23N5O4S2. The average molecular weight is 570 g/mol. The molecule has 40 heavy (non-hydrogen) atoms. The molecule has 0 aliphatic carbocycles. The number of hydrogen-bond donors (Lipinski definition) is 3. The van der Waals surface area contributed by atoms with Gasteiger partial charge in [0.25, 0.3) is 15.9 Å². The number of nitrogens with zero attached hydrogens (tertiary/aromatic N) is 2. The molecule has 0 radical (unpaired) electrons. The molecule has 0 aliphatic heterocycles. The van der Waals surface area contributed by atoms with Crippen molar-refractivity contribution in [3.63, 3.8) is 0 Å². The van der Waals surface area contributed by atoms with Gasteiger partial charge in [-0.2, -0.15) is 8.42 Å². The molecule has 5 aromatic rings. The predicted octanol–water partition coefficient (Wildman–Crippen LogP) is 5.75. The Hall–Kier alpha value is -4.87. The van der Waals surface area contributed by atoms with E-state index in [0.29, 0.717) is 33.1 Å². The molecular weight excluding hydrogens is 546 g/mol. The molecule has 0 fully saturated rings. The number of amides is 2. The third kappa shape index (κ3) is 6.40. The van der Waals surface area contributed by atoms with Crippen LogP contribution in [-0.2, 0) is 14.8 Å². The zero-order valence-electron chi connectivity index (χ0n) is 21.2. The van der Waals surface area contributed by atoms with Crippen LogP contribution < -0.4 is 16.0 Å². The number of thiazole rings is 1. The van der Waals surface area contributed by atoms with Gasteiger partial charge in [0.2, 0.25) is 5.91 Å². The zero-order valence-corrected chi connectivity index (χ0v) is 22.8. The normalized spacial score (nSPS) is 11.7. The van der Waals surface area contributed by atoms with Crippen molar-refractivity contribution in [2.24, 2.45) is 4.40 Å². The fourth-order valence-electron chi connectivity index (χ4n) is 3.78. The van der Waals surface area contributed by atoms with Crippen molar-refractivity contribution in [1.29, 1.82) is 0 Å². The number of aromatic nitrogens is 1. The average Bonchev–Trinajstić information content (AvgIpc) is 3.35. The number of fused-ring (bicyclic) bond motifs is 1. The van der Waals surface area contributed by atoms with E-state index in [-0.39, 0.29) is 22.5 Å². The van der Waals surface area contributed by atoms with Crippen molar-refractivity contribution in [2.45, 2.75) is 11.8 Å². The van der Waals surface area contributed by atoms with Crippen LogP contribution in [0.5, 0.6) is 0 Å². The molecule has 1 heterocycles. The summed E-state index contributed by atoms with van der Waals surface area (Å²) >= 11 is 1.29. The number of sulfonamides is 1. The number of hydrogen-bond acceptors (Lipinski definition) is 6. The lowest BCUT2D eigenvalue weighted by molar-refractivity contribution is -0.114. The van der Waals surface area contributed by atoms with Gasteiger partial charge in [0, 0.05) is 29.4 Å². The quantitative estimate of drug-likeness (QED) is 0.169. The number of amidine groups is 1. The standard InChI is InChI=1S/C29H23N5O4S2/c1-19(35)30-23-16-17-25-26(18-23)39-29(32-25)33-28(36)21-12-14-22(15-13-21)31-27(20-8-4-2-5-9-20)34-40(37,38)24-10-6-3-7-11-24/h2-18H,1H3,(H,30,35)(H,31,34)(H,32,33,36). The number of benzene rings is 4. The molecule has 4 aromatic carbocycles. The summed E-state index contributed by atoms with van der Waals surface area (Å²) in [6, 6.07) is 28.8. The molecule has 11 heteroatoms. The smallest absolute Gasteiger partial charge is 0.284 e. The van der Waals surface area contributed by atoms with Gasteiger partial charge in [-0.3, -0.25) is 14.9 Å². The molecule has 3 N–H and O–H groups in total. The van der Waals surface area contributed by atoms with Gasteiger partial charge in [-0.05, 0) is 54.6 Å². The van der Waals surface area contributed by atoms with E-state index in [2.05, 4.69) is 25.3 Å². The molecule has 5 rings (SSSR count). The van der Waals surface area contributed by atoms with Crippen LogP contribution in [-0.4, -0.2) is 31.1 Å². The number of anilines is 3. The zero-order chi connectivity index (χ0) is 28.1. The van der Waals surface area contributed by atoms with Crippen molar-refractivity contribution in [2.75, 3.05) is 16.0 Å². The Morgan fingerprint density at radius 2 is 1.40 bits per heavy atom. The first-order valence-electron chi connectivity index (χ1n) is 12.1.